The molecule has 0 saturated heterocycles. The van der Waals surface area contributed by atoms with Crippen molar-refractivity contribution in [2.24, 2.45) is 0 Å². The first-order valence-electron chi connectivity index (χ1n) is 7.82. The molecule has 0 aliphatic carbocycles. The summed E-state index contributed by atoms with van der Waals surface area (Å²) in [6.45, 7) is 0. The zero-order valence-corrected chi connectivity index (χ0v) is 16.0. The monoisotopic (exact) mass is 378 g/mol. The second kappa shape index (κ2) is 15.5. The summed E-state index contributed by atoms with van der Waals surface area (Å²) in [5, 5.41) is 0. The van der Waals surface area contributed by atoms with Crippen LogP contribution in [-0.2, 0) is 28.7 Å². The minimum Gasteiger partial charge on any atom is -0.469 e. The van der Waals surface area contributed by atoms with Gasteiger partial charge in [0.1, 0.15) is 12.8 Å². The van der Waals surface area contributed by atoms with E-state index in [-0.39, 0.29) is 24.4 Å². The summed E-state index contributed by atoms with van der Waals surface area (Å²) < 4.78 is 8.87. The Morgan fingerprint density at radius 3 is 1.38 bits per heavy atom. The van der Waals surface area contributed by atoms with Crippen LogP contribution >= 0.6 is 23.5 Å². The molecule has 0 amide bonds. The Morgan fingerprint density at radius 1 is 0.667 bits per heavy atom. The van der Waals surface area contributed by atoms with Gasteiger partial charge in [-0.2, -0.15) is 23.5 Å². The van der Waals surface area contributed by atoms with Crippen LogP contribution in [0.2, 0.25) is 0 Å². The van der Waals surface area contributed by atoms with Crippen LogP contribution in [0.1, 0.15) is 38.5 Å². The molecule has 138 valence electrons. The number of ketones is 2. The predicted molar refractivity (Wildman–Crippen MR) is 96.4 cm³/mol. The van der Waals surface area contributed by atoms with Crippen LogP contribution < -0.4 is 0 Å². The lowest BCUT2D eigenvalue weighted by molar-refractivity contribution is -0.144. The van der Waals surface area contributed by atoms with Crippen molar-refractivity contribution in [1.82, 2.24) is 0 Å². The second-order valence-corrected chi connectivity index (χ2v) is 7.31. The van der Waals surface area contributed by atoms with Gasteiger partial charge in [0.05, 0.1) is 25.7 Å². The average Bonchev–Trinajstić information content (AvgIpc) is 2.56. The number of esters is 2. The number of carbonyl (C=O) groups excluding carboxylic acids is 4. The minimum absolute atomic E-state index is 0.0973. The molecule has 0 heterocycles. The Kier molecular flexibility index (Phi) is 14.8. The fourth-order valence-corrected chi connectivity index (χ4v) is 3.47. The Morgan fingerprint density at radius 2 is 1.04 bits per heavy atom. The number of hydrogen-bond donors (Lipinski definition) is 0. The van der Waals surface area contributed by atoms with Gasteiger partial charge in [-0.1, -0.05) is 12.8 Å². The lowest BCUT2D eigenvalue weighted by Crippen LogP contribution is -2.11. The van der Waals surface area contributed by atoms with E-state index in [0.29, 0.717) is 11.5 Å². The molecule has 6 nitrogen and oxygen atoms in total. The van der Waals surface area contributed by atoms with Gasteiger partial charge in [0.15, 0.2) is 11.6 Å². The highest BCUT2D eigenvalue weighted by atomic mass is 32.2. The molecular formula is C16H26O6S2. The van der Waals surface area contributed by atoms with E-state index in [1.54, 1.807) is 23.5 Å². The van der Waals surface area contributed by atoms with E-state index in [0.717, 1.165) is 37.2 Å². The van der Waals surface area contributed by atoms with Crippen LogP contribution in [0.3, 0.4) is 0 Å². The molecule has 8 heteroatoms. The highest BCUT2D eigenvalue weighted by Crippen LogP contribution is 2.11. The molecule has 0 unspecified atom stereocenters. The van der Waals surface area contributed by atoms with E-state index in [1.165, 1.54) is 14.2 Å². The molecule has 24 heavy (non-hydrogen) atoms. The van der Waals surface area contributed by atoms with Crippen molar-refractivity contribution in [2.75, 3.05) is 37.2 Å². The smallest absolute Gasteiger partial charge is 0.313 e. The summed E-state index contributed by atoms with van der Waals surface area (Å²) in [5.41, 5.74) is 0. The third kappa shape index (κ3) is 14.6. The highest BCUT2D eigenvalue weighted by molar-refractivity contribution is 8.00. The molecule has 0 aromatic carbocycles. The van der Waals surface area contributed by atoms with Gasteiger partial charge in [-0.15, -0.1) is 0 Å². The molecule has 0 fully saturated rings. The zero-order valence-electron chi connectivity index (χ0n) is 14.3. The van der Waals surface area contributed by atoms with E-state index in [9.17, 15) is 19.2 Å². The van der Waals surface area contributed by atoms with Crippen LogP contribution in [-0.4, -0.2) is 60.7 Å². The van der Waals surface area contributed by atoms with Gasteiger partial charge in [0.2, 0.25) is 0 Å². The lowest BCUT2D eigenvalue weighted by Gasteiger charge is -2.03. The van der Waals surface area contributed by atoms with Crippen molar-refractivity contribution in [3.8, 4) is 0 Å². The van der Waals surface area contributed by atoms with Gasteiger partial charge in [-0.05, 0) is 24.3 Å². The summed E-state index contributed by atoms with van der Waals surface area (Å²) in [7, 11) is 2.55. The van der Waals surface area contributed by atoms with Crippen LogP contribution in [0.15, 0.2) is 0 Å². The summed E-state index contributed by atoms with van der Waals surface area (Å²) in [4.78, 5) is 44.5. The summed E-state index contributed by atoms with van der Waals surface area (Å²) in [5.74, 6) is 1.35. The third-order valence-electron chi connectivity index (χ3n) is 2.99. The maximum absolute atomic E-state index is 11.4. The maximum atomic E-state index is 11.4. The quantitative estimate of drug-likeness (QED) is 0.244. The number of methoxy groups -OCH3 is 2. The van der Waals surface area contributed by atoms with Crippen LogP contribution in [0, 0.1) is 0 Å². The van der Waals surface area contributed by atoms with E-state index in [1.807, 2.05) is 0 Å². The van der Waals surface area contributed by atoms with Crippen molar-refractivity contribution >= 4 is 47.0 Å². The number of hydrogen-bond acceptors (Lipinski definition) is 8. The van der Waals surface area contributed by atoms with Crippen molar-refractivity contribution in [2.45, 2.75) is 38.5 Å². The van der Waals surface area contributed by atoms with Gasteiger partial charge in [-0.25, -0.2) is 0 Å². The van der Waals surface area contributed by atoms with Crippen molar-refractivity contribution in [1.29, 1.82) is 0 Å². The van der Waals surface area contributed by atoms with Gasteiger partial charge < -0.3 is 9.47 Å². The summed E-state index contributed by atoms with van der Waals surface area (Å²) in [6, 6.07) is 0. The molecular weight excluding hydrogens is 352 g/mol. The van der Waals surface area contributed by atoms with E-state index in [4.69, 9.17) is 0 Å². The standard InChI is InChI=1S/C16H26O6S2/c1-21-15(19)9-13(17)11-23-7-5-3-4-6-8-24-12-14(18)10-16(20)22-2/h3-12H2,1-2H3. The first kappa shape index (κ1) is 23.0. The van der Waals surface area contributed by atoms with Crippen LogP contribution in [0.5, 0.6) is 0 Å². The zero-order chi connectivity index (χ0) is 18.2. The van der Waals surface area contributed by atoms with Crippen molar-refractivity contribution in [3.05, 3.63) is 0 Å². The molecule has 0 aromatic rings. The first-order valence-corrected chi connectivity index (χ1v) is 10.1. The Bertz CT molecular complexity index is 373. The Labute approximate surface area is 151 Å². The van der Waals surface area contributed by atoms with Gasteiger partial charge in [-0.3, -0.25) is 19.2 Å². The number of Topliss-reactive ketones (excluding diaryl/α,β-unsaturated/α-hetero) is 2. The summed E-state index contributed by atoms with van der Waals surface area (Å²) in [6.07, 6.45) is 3.93. The molecule has 0 atom stereocenters. The molecule has 0 rings (SSSR count). The fourth-order valence-electron chi connectivity index (χ4n) is 1.70. The highest BCUT2D eigenvalue weighted by Gasteiger charge is 2.09. The molecule has 0 aliphatic rings. The molecule has 0 spiro atoms. The fraction of sp³-hybridized carbons (Fsp3) is 0.750. The lowest BCUT2D eigenvalue weighted by atomic mass is 10.2. The van der Waals surface area contributed by atoms with Crippen molar-refractivity contribution in [3.63, 3.8) is 0 Å². The first-order chi connectivity index (χ1) is 11.5. The Balaban J connectivity index is 3.34. The average molecular weight is 379 g/mol. The maximum Gasteiger partial charge on any atom is 0.313 e. The number of thioether (sulfide) groups is 2. The van der Waals surface area contributed by atoms with E-state index in [2.05, 4.69) is 9.47 Å². The largest absolute Gasteiger partial charge is 0.469 e. The number of ether oxygens (including phenoxy) is 2. The molecule has 0 saturated carbocycles. The Hall–Kier alpha value is -1.02. The molecule has 0 aromatic heterocycles. The summed E-state index contributed by atoms with van der Waals surface area (Å²) >= 11 is 3.09. The third-order valence-corrected chi connectivity index (χ3v) is 5.20. The topological polar surface area (TPSA) is 86.7 Å². The molecule has 0 radical (unpaired) electrons. The van der Waals surface area contributed by atoms with Gasteiger partial charge >= 0.3 is 11.9 Å². The second-order valence-electron chi connectivity index (χ2n) is 5.10. The van der Waals surface area contributed by atoms with Crippen LogP contribution in [0.25, 0.3) is 0 Å². The normalized spacial score (nSPS) is 10.2. The van der Waals surface area contributed by atoms with Crippen LogP contribution in [0.4, 0.5) is 0 Å². The van der Waals surface area contributed by atoms with Gasteiger partial charge in [0.25, 0.3) is 0 Å². The molecule has 0 bridgehead atoms. The molecule has 0 N–H and O–H groups in total. The predicted octanol–water partition coefficient (Wildman–Crippen LogP) is 2.28. The number of unbranched alkanes of at least 4 members (excludes halogenated alkanes) is 3. The van der Waals surface area contributed by atoms with Gasteiger partial charge in [0, 0.05) is 0 Å². The van der Waals surface area contributed by atoms with E-state index >= 15 is 0 Å². The number of rotatable bonds is 15. The van der Waals surface area contributed by atoms with E-state index < -0.39 is 11.9 Å². The SMILES string of the molecule is COC(=O)CC(=O)CSCCCCCCSCC(=O)CC(=O)OC. The van der Waals surface area contributed by atoms with Crippen molar-refractivity contribution < 1.29 is 28.7 Å². The minimum atomic E-state index is -0.483. The molecule has 0 aliphatic heterocycles. The number of carbonyl (C=O) groups is 4.